The van der Waals surface area contributed by atoms with Crippen LogP contribution in [0.25, 0.3) is 22.0 Å². The zero-order chi connectivity index (χ0) is 22.4. The second kappa shape index (κ2) is 7.96. The molecule has 0 fully saturated rings. The van der Waals surface area contributed by atoms with Crippen LogP contribution in [0.15, 0.2) is 53.6 Å². The Kier molecular flexibility index (Phi) is 5.11. The molecule has 2 aromatic carbocycles. The van der Waals surface area contributed by atoms with Crippen LogP contribution in [0.5, 0.6) is 0 Å². The van der Waals surface area contributed by atoms with Crippen molar-refractivity contribution in [3.05, 3.63) is 71.2 Å². The van der Waals surface area contributed by atoms with Crippen molar-refractivity contribution in [2.45, 2.75) is 24.8 Å². The van der Waals surface area contributed by atoms with Gasteiger partial charge in [0.15, 0.2) is 4.90 Å². The van der Waals surface area contributed by atoms with Crippen molar-refractivity contribution >= 4 is 34.0 Å². The summed E-state index contributed by atoms with van der Waals surface area (Å²) in [7, 11) is 0. The van der Waals surface area contributed by atoms with Crippen molar-refractivity contribution in [2.75, 3.05) is 17.7 Å². The van der Waals surface area contributed by atoms with E-state index >= 15 is 0 Å². The smallest absolute Gasteiger partial charge is 0.339 e. The SMILES string of the molecule is Cc1nc(N2CCc3[nH]c4ccc(-c5cccc([S+](C)[O-])c5)cc4c3C2)ncc1C(=O)O. The number of aromatic nitrogens is 3. The van der Waals surface area contributed by atoms with Gasteiger partial charge in [0.05, 0.1) is 11.3 Å². The number of carbonyl (C=O) groups is 1. The summed E-state index contributed by atoms with van der Waals surface area (Å²) in [5.74, 6) is -0.475. The summed E-state index contributed by atoms with van der Waals surface area (Å²) in [5.41, 5.74) is 6.17. The maximum absolute atomic E-state index is 11.9. The van der Waals surface area contributed by atoms with E-state index in [1.807, 2.05) is 24.3 Å². The average Bonchev–Trinajstić information content (AvgIpc) is 3.16. The summed E-state index contributed by atoms with van der Waals surface area (Å²) in [6.07, 6.45) is 3.90. The van der Waals surface area contributed by atoms with E-state index in [4.69, 9.17) is 0 Å². The molecule has 0 aliphatic carbocycles. The van der Waals surface area contributed by atoms with Crippen molar-refractivity contribution in [3.63, 3.8) is 0 Å². The summed E-state index contributed by atoms with van der Waals surface area (Å²) >= 11 is -1.03. The zero-order valence-corrected chi connectivity index (χ0v) is 18.6. The highest BCUT2D eigenvalue weighted by molar-refractivity contribution is 7.90. The van der Waals surface area contributed by atoms with Gasteiger partial charge in [-0.1, -0.05) is 18.2 Å². The minimum atomic E-state index is -1.03. The predicted molar refractivity (Wildman–Crippen MR) is 125 cm³/mol. The molecule has 7 nitrogen and oxygen atoms in total. The molecule has 162 valence electrons. The first kappa shape index (κ1) is 20.5. The number of carboxylic acid groups (broad SMARTS) is 1. The third-order valence-electron chi connectivity index (χ3n) is 5.95. The molecule has 0 bridgehead atoms. The number of hydrogen-bond acceptors (Lipinski definition) is 5. The molecule has 32 heavy (non-hydrogen) atoms. The number of aryl methyl sites for hydroxylation is 1. The lowest BCUT2D eigenvalue weighted by molar-refractivity contribution is 0.0695. The Labute approximate surface area is 188 Å². The number of nitrogens with one attached hydrogen (secondary N) is 1. The van der Waals surface area contributed by atoms with Gasteiger partial charge >= 0.3 is 5.97 Å². The molecule has 3 heterocycles. The van der Waals surface area contributed by atoms with E-state index < -0.39 is 17.1 Å². The lowest BCUT2D eigenvalue weighted by Gasteiger charge is -2.27. The van der Waals surface area contributed by atoms with Gasteiger partial charge in [-0.25, -0.2) is 14.8 Å². The van der Waals surface area contributed by atoms with E-state index in [1.165, 1.54) is 17.5 Å². The molecule has 0 amide bonds. The number of nitrogens with zero attached hydrogens (tertiary/aromatic N) is 3. The Hall–Kier alpha value is -3.36. The van der Waals surface area contributed by atoms with Crippen LogP contribution in [-0.4, -0.2) is 43.4 Å². The van der Waals surface area contributed by atoms with Crippen LogP contribution in [0.3, 0.4) is 0 Å². The monoisotopic (exact) mass is 446 g/mol. The topological polar surface area (TPSA) is 105 Å². The molecule has 1 aliphatic heterocycles. The second-order valence-electron chi connectivity index (χ2n) is 7.97. The van der Waals surface area contributed by atoms with Crippen molar-refractivity contribution in [3.8, 4) is 11.1 Å². The fourth-order valence-corrected chi connectivity index (χ4v) is 4.80. The first-order valence-corrected chi connectivity index (χ1v) is 11.9. The Morgan fingerprint density at radius 2 is 2.03 bits per heavy atom. The van der Waals surface area contributed by atoms with E-state index in [0.717, 1.165) is 39.9 Å². The molecule has 0 spiro atoms. The van der Waals surface area contributed by atoms with Crippen molar-refractivity contribution in [1.82, 2.24) is 15.0 Å². The molecule has 8 heteroatoms. The fourth-order valence-electron chi connectivity index (χ4n) is 4.24. The lowest BCUT2D eigenvalue weighted by Crippen LogP contribution is -2.31. The van der Waals surface area contributed by atoms with Gasteiger partial charge in [0.2, 0.25) is 5.95 Å². The second-order valence-corrected chi connectivity index (χ2v) is 9.35. The number of fused-ring (bicyclic) bond motifs is 3. The first-order valence-electron chi connectivity index (χ1n) is 10.3. The van der Waals surface area contributed by atoms with Gasteiger partial charge < -0.3 is 19.5 Å². The number of rotatable bonds is 4. The molecule has 2 N–H and O–H groups in total. The Morgan fingerprint density at radius 3 is 2.78 bits per heavy atom. The van der Waals surface area contributed by atoms with Crippen molar-refractivity contribution < 1.29 is 14.5 Å². The fraction of sp³-hybridized carbons (Fsp3) is 0.208. The largest absolute Gasteiger partial charge is 0.612 e. The van der Waals surface area contributed by atoms with Gasteiger partial charge in [0.25, 0.3) is 0 Å². The van der Waals surface area contributed by atoms with E-state index in [1.54, 1.807) is 13.2 Å². The molecular weight excluding hydrogens is 424 g/mol. The van der Waals surface area contributed by atoms with E-state index in [2.05, 4.69) is 38.1 Å². The Morgan fingerprint density at radius 1 is 1.22 bits per heavy atom. The maximum Gasteiger partial charge on any atom is 0.339 e. The third-order valence-corrected chi connectivity index (χ3v) is 6.87. The number of benzene rings is 2. The summed E-state index contributed by atoms with van der Waals surface area (Å²) in [4.78, 5) is 26.5. The van der Waals surface area contributed by atoms with Crippen molar-refractivity contribution in [1.29, 1.82) is 0 Å². The van der Waals surface area contributed by atoms with Gasteiger partial charge in [-0.3, -0.25) is 0 Å². The normalized spacial score (nSPS) is 14.4. The lowest BCUT2D eigenvalue weighted by atomic mass is 10.00. The van der Waals surface area contributed by atoms with Gasteiger partial charge in [-0.05, 0) is 47.4 Å². The highest BCUT2D eigenvalue weighted by Crippen LogP contribution is 2.33. The highest BCUT2D eigenvalue weighted by Gasteiger charge is 2.23. The maximum atomic E-state index is 11.9. The number of carboxylic acids is 1. The minimum Gasteiger partial charge on any atom is -0.612 e. The van der Waals surface area contributed by atoms with Crippen LogP contribution < -0.4 is 4.90 Å². The number of H-pyrrole nitrogens is 1. The van der Waals surface area contributed by atoms with E-state index in [0.29, 0.717) is 18.2 Å². The standard InChI is InChI=1S/C24H22N4O3S/c1-14-19(23(29)30)12-25-24(26-14)28-9-8-22-20(13-28)18-11-16(6-7-21(18)27-22)15-4-3-5-17(10-15)32(2)31/h3-7,10-12,27H,8-9,13H2,1-2H3,(H,29,30). The highest BCUT2D eigenvalue weighted by atomic mass is 32.2. The molecule has 1 aliphatic rings. The van der Waals surface area contributed by atoms with Gasteiger partial charge in [-0.15, -0.1) is 0 Å². The number of aromatic carboxylic acids is 1. The summed E-state index contributed by atoms with van der Waals surface area (Å²) in [5, 5.41) is 10.4. The summed E-state index contributed by atoms with van der Waals surface area (Å²) < 4.78 is 11.9. The van der Waals surface area contributed by atoms with Gasteiger partial charge in [0, 0.05) is 53.9 Å². The Balaban J connectivity index is 1.51. The molecule has 2 aromatic heterocycles. The van der Waals surface area contributed by atoms with Crippen LogP contribution in [0, 0.1) is 6.92 Å². The first-order chi connectivity index (χ1) is 15.4. The van der Waals surface area contributed by atoms with E-state index in [9.17, 15) is 14.5 Å². The number of hydrogen-bond donors (Lipinski definition) is 2. The van der Waals surface area contributed by atoms with Crippen LogP contribution in [0.1, 0.15) is 27.3 Å². The van der Waals surface area contributed by atoms with Crippen LogP contribution in [0.2, 0.25) is 0 Å². The molecule has 0 saturated carbocycles. The van der Waals surface area contributed by atoms with Crippen LogP contribution >= 0.6 is 0 Å². The quantitative estimate of drug-likeness (QED) is 0.460. The van der Waals surface area contributed by atoms with Crippen LogP contribution in [0.4, 0.5) is 5.95 Å². The zero-order valence-electron chi connectivity index (χ0n) is 17.8. The summed E-state index contributed by atoms with van der Waals surface area (Å²) in [6.45, 7) is 3.09. The average molecular weight is 447 g/mol. The molecule has 0 radical (unpaired) electrons. The molecule has 1 atom stereocenters. The summed E-state index contributed by atoms with van der Waals surface area (Å²) in [6, 6.07) is 14.2. The van der Waals surface area contributed by atoms with Crippen LogP contribution in [-0.2, 0) is 24.1 Å². The molecule has 5 rings (SSSR count). The molecule has 0 saturated heterocycles. The van der Waals surface area contributed by atoms with Gasteiger partial charge in [-0.2, -0.15) is 0 Å². The Bertz CT molecular complexity index is 1350. The number of anilines is 1. The third kappa shape index (κ3) is 3.61. The van der Waals surface area contributed by atoms with Crippen molar-refractivity contribution in [2.24, 2.45) is 0 Å². The molecule has 4 aromatic rings. The minimum absolute atomic E-state index is 0.124. The molecule has 1 unspecified atom stereocenters. The van der Waals surface area contributed by atoms with E-state index in [-0.39, 0.29) is 5.56 Å². The number of aromatic amines is 1. The molecular formula is C24H22N4O3S. The van der Waals surface area contributed by atoms with Gasteiger partial charge in [0.1, 0.15) is 6.26 Å². The predicted octanol–water partition coefficient (Wildman–Crippen LogP) is 3.93.